The fraction of sp³-hybridized carbons (Fsp3) is 0.517. The van der Waals surface area contributed by atoms with Crippen molar-refractivity contribution >= 4 is 27.3 Å². The Morgan fingerprint density at radius 1 is 0.868 bits per heavy atom. The maximum Gasteiger partial charge on any atom is 0.264 e. The lowest BCUT2D eigenvalue weighted by Crippen LogP contribution is -2.40. The highest BCUT2D eigenvalue weighted by molar-refractivity contribution is 7.92. The van der Waals surface area contributed by atoms with Gasteiger partial charge in [0.2, 0.25) is 0 Å². The van der Waals surface area contributed by atoms with E-state index >= 15 is 0 Å². The molecule has 1 saturated carbocycles. The fourth-order valence-electron chi connectivity index (χ4n) is 4.57. The van der Waals surface area contributed by atoms with E-state index in [4.69, 9.17) is 9.47 Å². The number of nitrogens with one attached hydrogen (secondary N) is 1. The number of rotatable bonds is 8. The van der Waals surface area contributed by atoms with Gasteiger partial charge in [0.05, 0.1) is 24.8 Å². The van der Waals surface area contributed by atoms with Gasteiger partial charge < -0.3 is 9.47 Å². The number of carbonyl (C=O) groups excluding carboxylic acids is 1. The zero-order chi connectivity index (χ0) is 27.4. The molecule has 1 fully saturated rings. The minimum atomic E-state index is -4.11. The average molecular weight is 544 g/mol. The van der Waals surface area contributed by atoms with Crippen LogP contribution in [0.2, 0.25) is 0 Å². The number of amides is 1. The van der Waals surface area contributed by atoms with Crippen LogP contribution in [0.1, 0.15) is 76.2 Å². The molecule has 0 spiro atoms. The number of hydrogen-bond acceptors (Lipinski definition) is 6. The third kappa shape index (κ3) is 8.48. The van der Waals surface area contributed by atoms with Gasteiger partial charge in [-0.2, -0.15) is 5.10 Å². The third-order valence-electron chi connectivity index (χ3n) is 6.82. The maximum absolute atomic E-state index is 13.8. The van der Waals surface area contributed by atoms with E-state index in [1.165, 1.54) is 58.5 Å². The van der Waals surface area contributed by atoms with Crippen LogP contribution in [0.25, 0.3) is 0 Å². The number of nitrogens with zero attached hydrogens (tertiary/aromatic N) is 2. The second kappa shape index (κ2) is 14.8. The number of aryl methyl sites for hydroxylation is 1. The monoisotopic (exact) mass is 543 g/mol. The van der Waals surface area contributed by atoms with Crippen LogP contribution in [0, 0.1) is 6.92 Å². The van der Waals surface area contributed by atoms with Crippen molar-refractivity contribution in [2.75, 3.05) is 25.1 Å². The topological polar surface area (TPSA) is 97.3 Å². The molecule has 0 radical (unpaired) electrons. The number of anilines is 1. The summed E-state index contributed by atoms with van der Waals surface area (Å²) in [4.78, 5) is 13.2. The van der Waals surface area contributed by atoms with E-state index in [0.29, 0.717) is 11.5 Å². The van der Waals surface area contributed by atoms with Crippen LogP contribution in [-0.2, 0) is 14.8 Å². The van der Waals surface area contributed by atoms with Crippen molar-refractivity contribution in [3.63, 3.8) is 0 Å². The first-order valence-electron chi connectivity index (χ1n) is 13.5. The molecule has 1 amide bonds. The smallest absolute Gasteiger partial charge is 0.264 e. The van der Waals surface area contributed by atoms with Crippen molar-refractivity contribution in [2.45, 2.75) is 82.4 Å². The predicted molar refractivity (Wildman–Crippen MR) is 152 cm³/mol. The molecule has 38 heavy (non-hydrogen) atoms. The van der Waals surface area contributed by atoms with E-state index in [9.17, 15) is 13.2 Å². The van der Waals surface area contributed by atoms with Crippen molar-refractivity contribution < 1.29 is 22.7 Å². The second-order valence-electron chi connectivity index (χ2n) is 9.76. The summed E-state index contributed by atoms with van der Waals surface area (Å²) in [7, 11) is -1.15. The molecule has 208 valence electrons. The second-order valence-corrected chi connectivity index (χ2v) is 11.6. The number of hydrazone groups is 1. The SMILES string of the molecule is COc1ccc(OC)c(N(CC(=O)NN=C2CCCCCCCCCCC2)S(=O)(=O)c2ccc(C)cc2)c1. The molecule has 1 aliphatic carbocycles. The zero-order valence-corrected chi connectivity index (χ0v) is 23.7. The summed E-state index contributed by atoms with van der Waals surface area (Å²) in [5.74, 6) is 0.225. The summed E-state index contributed by atoms with van der Waals surface area (Å²) in [6.07, 6.45) is 12.4. The summed E-state index contributed by atoms with van der Waals surface area (Å²) in [6, 6.07) is 11.4. The van der Waals surface area contributed by atoms with Gasteiger partial charge in [-0.25, -0.2) is 13.8 Å². The van der Waals surface area contributed by atoms with E-state index in [1.54, 1.807) is 30.3 Å². The molecule has 3 rings (SSSR count). The number of ether oxygens (including phenoxy) is 2. The Labute approximate surface area is 227 Å². The first-order valence-corrected chi connectivity index (χ1v) is 14.9. The molecule has 2 aromatic carbocycles. The van der Waals surface area contributed by atoms with Crippen LogP contribution in [0.15, 0.2) is 52.5 Å². The molecule has 0 heterocycles. The van der Waals surface area contributed by atoms with Crippen molar-refractivity contribution in [3.8, 4) is 11.5 Å². The Morgan fingerprint density at radius 2 is 1.45 bits per heavy atom. The van der Waals surface area contributed by atoms with Crippen LogP contribution in [0.3, 0.4) is 0 Å². The lowest BCUT2D eigenvalue weighted by Gasteiger charge is -2.26. The van der Waals surface area contributed by atoms with Gasteiger partial charge in [-0.05, 0) is 56.9 Å². The minimum Gasteiger partial charge on any atom is -0.497 e. The van der Waals surface area contributed by atoms with Crippen LogP contribution in [0.5, 0.6) is 11.5 Å². The number of benzene rings is 2. The number of methoxy groups -OCH3 is 2. The quantitative estimate of drug-likeness (QED) is 0.413. The first-order chi connectivity index (χ1) is 18.3. The molecule has 0 atom stereocenters. The summed E-state index contributed by atoms with van der Waals surface area (Å²) in [5.41, 5.74) is 4.74. The number of hydrogen-bond donors (Lipinski definition) is 1. The normalized spacial score (nSPS) is 15.5. The average Bonchev–Trinajstić information content (AvgIpc) is 2.91. The molecular formula is C29H41N3O5S. The van der Waals surface area contributed by atoms with Crippen LogP contribution < -0.4 is 19.2 Å². The third-order valence-corrected chi connectivity index (χ3v) is 8.59. The Hall–Kier alpha value is -3.07. The van der Waals surface area contributed by atoms with Crippen molar-refractivity contribution in [1.82, 2.24) is 5.43 Å². The molecule has 0 aromatic heterocycles. The van der Waals surface area contributed by atoms with Gasteiger partial charge in [0.15, 0.2) is 0 Å². The summed E-state index contributed by atoms with van der Waals surface area (Å²) in [5, 5.41) is 4.44. The van der Waals surface area contributed by atoms with Gasteiger partial charge in [-0.1, -0.05) is 62.6 Å². The highest BCUT2D eigenvalue weighted by Gasteiger charge is 2.30. The van der Waals surface area contributed by atoms with Gasteiger partial charge in [0, 0.05) is 11.8 Å². The summed E-state index contributed by atoms with van der Waals surface area (Å²) >= 11 is 0. The molecule has 2 aromatic rings. The number of sulfonamides is 1. The van der Waals surface area contributed by atoms with Gasteiger partial charge in [0.1, 0.15) is 18.0 Å². The van der Waals surface area contributed by atoms with Crippen molar-refractivity contribution in [1.29, 1.82) is 0 Å². The molecule has 8 nitrogen and oxygen atoms in total. The number of carbonyl (C=O) groups is 1. The Balaban J connectivity index is 1.86. The van der Waals surface area contributed by atoms with E-state index in [-0.39, 0.29) is 10.6 Å². The van der Waals surface area contributed by atoms with Gasteiger partial charge in [-0.3, -0.25) is 9.10 Å². The van der Waals surface area contributed by atoms with Gasteiger partial charge in [0.25, 0.3) is 15.9 Å². The van der Waals surface area contributed by atoms with Crippen LogP contribution >= 0.6 is 0 Å². The molecular weight excluding hydrogens is 502 g/mol. The fourth-order valence-corrected chi connectivity index (χ4v) is 5.99. The molecule has 0 aliphatic heterocycles. The van der Waals surface area contributed by atoms with Crippen molar-refractivity contribution in [3.05, 3.63) is 48.0 Å². The lowest BCUT2D eigenvalue weighted by atomic mass is 10.00. The van der Waals surface area contributed by atoms with E-state index in [1.807, 2.05) is 6.92 Å². The maximum atomic E-state index is 13.8. The lowest BCUT2D eigenvalue weighted by molar-refractivity contribution is -0.119. The minimum absolute atomic E-state index is 0.0754. The molecule has 1 aliphatic rings. The highest BCUT2D eigenvalue weighted by Crippen LogP contribution is 2.35. The highest BCUT2D eigenvalue weighted by atomic mass is 32.2. The molecule has 1 N–H and O–H groups in total. The van der Waals surface area contributed by atoms with E-state index in [0.717, 1.165) is 54.1 Å². The van der Waals surface area contributed by atoms with Crippen molar-refractivity contribution in [2.24, 2.45) is 5.10 Å². The standard InChI is InChI=1S/C29H41N3O5S/c1-23-15-18-26(19-16-23)38(34,35)32(27-21-25(36-2)17-20-28(27)37-3)22-29(33)31-30-24-13-11-9-7-5-4-6-8-10-12-14-24/h15-21H,4-14,22H2,1-3H3,(H,31,33). The summed E-state index contributed by atoms with van der Waals surface area (Å²) < 4.78 is 39.4. The zero-order valence-electron chi connectivity index (χ0n) is 22.9. The molecule has 0 bridgehead atoms. The predicted octanol–water partition coefficient (Wildman–Crippen LogP) is 5.98. The molecule has 0 unspecified atom stereocenters. The molecule has 9 heteroatoms. The Morgan fingerprint density at radius 3 is 2.00 bits per heavy atom. The summed E-state index contributed by atoms with van der Waals surface area (Å²) in [6.45, 7) is 1.42. The van der Waals surface area contributed by atoms with E-state index < -0.39 is 22.5 Å². The molecule has 0 saturated heterocycles. The van der Waals surface area contributed by atoms with Gasteiger partial charge in [-0.15, -0.1) is 0 Å². The largest absolute Gasteiger partial charge is 0.497 e. The Bertz CT molecular complexity index is 1170. The van der Waals surface area contributed by atoms with Crippen LogP contribution in [-0.4, -0.2) is 40.8 Å². The van der Waals surface area contributed by atoms with E-state index in [2.05, 4.69) is 10.5 Å². The van der Waals surface area contributed by atoms with Gasteiger partial charge >= 0.3 is 0 Å². The first kappa shape index (κ1) is 29.5. The van der Waals surface area contributed by atoms with Crippen LogP contribution in [0.4, 0.5) is 5.69 Å². The Kier molecular flexibility index (Phi) is 11.5.